The van der Waals surface area contributed by atoms with Gasteiger partial charge in [0.25, 0.3) is 0 Å². The van der Waals surface area contributed by atoms with Gasteiger partial charge in [0.15, 0.2) is 0 Å². The summed E-state index contributed by atoms with van der Waals surface area (Å²) in [4.78, 5) is 21.3. The molecule has 8 heteroatoms. The highest BCUT2D eigenvalue weighted by Crippen LogP contribution is 2.46. The van der Waals surface area contributed by atoms with Crippen molar-refractivity contribution in [3.8, 4) is 6.07 Å². The van der Waals surface area contributed by atoms with Gasteiger partial charge < -0.3 is 15.1 Å². The average molecular weight is 470 g/mol. The van der Waals surface area contributed by atoms with Crippen LogP contribution >= 0.6 is 0 Å². The Balaban J connectivity index is 0.00000158. The molecular formula is C26H33F2N5O. The molecule has 2 unspecified atom stereocenters. The Morgan fingerprint density at radius 3 is 2.38 bits per heavy atom. The molecule has 2 heterocycles. The van der Waals surface area contributed by atoms with Gasteiger partial charge in [0.2, 0.25) is 5.91 Å². The number of hydrogen-bond donors (Lipinski definition) is 1. The molecule has 1 aromatic heterocycles. The van der Waals surface area contributed by atoms with Gasteiger partial charge >= 0.3 is 0 Å². The SMILES string of the molecule is CC.CC1CN(C(=O)CCNC2(c3ccc(F)cc3F)CC2)CC(C)N1c1ccc(C#N)cn1. The summed E-state index contributed by atoms with van der Waals surface area (Å²) in [6.07, 6.45) is 3.43. The molecule has 6 nitrogen and oxygen atoms in total. The van der Waals surface area contributed by atoms with E-state index in [4.69, 9.17) is 5.26 Å². The summed E-state index contributed by atoms with van der Waals surface area (Å²) < 4.78 is 27.4. The Bertz CT molecular complexity index is 1020. The van der Waals surface area contributed by atoms with E-state index in [1.807, 2.05) is 24.8 Å². The lowest BCUT2D eigenvalue weighted by atomic mass is 10.0. The predicted octanol–water partition coefficient (Wildman–Crippen LogP) is 4.35. The Labute approximate surface area is 200 Å². The van der Waals surface area contributed by atoms with E-state index in [2.05, 4.69) is 35.1 Å². The molecule has 1 saturated carbocycles. The summed E-state index contributed by atoms with van der Waals surface area (Å²) >= 11 is 0. The van der Waals surface area contributed by atoms with Crippen molar-refractivity contribution in [2.45, 2.75) is 64.6 Å². The molecule has 1 aromatic carbocycles. The summed E-state index contributed by atoms with van der Waals surface area (Å²) in [6, 6.07) is 9.51. The van der Waals surface area contributed by atoms with Crippen molar-refractivity contribution in [3.63, 3.8) is 0 Å². The number of piperazine rings is 1. The first-order valence-electron chi connectivity index (χ1n) is 12.0. The summed E-state index contributed by atoms with van der Waals surface area (Å²) in [5.74, 6) is -0.277. The maximum Gasteiger partial charge on any atom is 0.223 e. The average Bonchev–Trinajstić information content (AvgIpc) is 3.60. The number of amides is 1. The highest BCUT2D eigenvalue weighted by Gasteiger charge is 2.45. The molecule has 4 rings (SSSR count). The van der Waals surface area contributed by atoms with Crippen LogP contribution < -0.4 is 10.2 Å². The molecule has 182 valence electrons. The van der Waals surface area contributed by atoms with Crippen LogP contribution in [0, 0.1) is 23.0 Å². The third-order valence-corrected chi connectivity index (χ3v) is 6.41. The van der Waals surface area contributed by atoms with Crippen LogP contribution in [0.5, 0.6) is 0 Å². The predicted molar refractivity (Wildman–Crippen MR) is 128 cm³/mol. The number of rotatable bonds is 6. The van der Waals surface area contributed by atoms with Crippen molar-refractivity contribution in [1.29, 1.82) is 5.26 Å². The lowest BCUT2D eigenvalue weighted by Crippen LogP contribution is -2.58. The minimum Gasteiger partial charge on any atom is -0.348 e. The maximum absolute atomic E-state index is 14.2. The van der Waals surface area contributed by atoms with E-state index in [0.717, 1.165) is 24.7 Å². The zero-order valence-corrected chi connectivity index (χ0v) is 20.3. The van der Waals surface area contributed by atoms with Crippen LogP contribution in [-0.4, -0.2) is 47.5 Å². The summed E-state index contributed by atoms with van der Waals surface area (Å²) in [5.41, 5.74) is 0.500. The molecule has 1 aliphatic carbocycles. The van der Waals surface area contributed by atoms with Gasteiger partial charge in [-0.1, -0.05) is 19.9 Å². The molecule has 2 aliphatic rings. The zero-order chi connectivity index (χ0) is 24.9. The summed E-state index contributed by atoms with van der Waals surface area (Å²) in [6.45, 7) is 9.73. The number of aromatic nitrogens is 1. The second-order valence-corrected chi connectivity index (χ2v) is 8.80. The summed E-state index contributed by atoms with van der Waals surface area (Å²) in [7, 11) is 0. The van der Waals surface area contributed by atoms with Gasteiger partial charge in [-0.25, -0.2) is 13.8 Å². The molecular weight excluding hydrogens is 436 g/mol. The highest BCUT2D eigenvalue weighted by molar-refractivity contribution is 5.77. The summed E-state index contributed by atoms with van der Waals surface area (Å²) in [5, 5.41) is 12.3. The van der Waals surface area contributed by atoms with E-state index in [1.54, 1.807) is 12.3 Å². The van der Waals surface area contributed by atoms with Crippen molar-refractivity contribution in [1.82, 2.24) is 15.2 Å². The number of nitrogens with one attached hydrogen (secondary N) is 1. The van der Waals surface area contributed by atoms with Crippen LogP contribution in [0.15, 0.2) is 36.5 Å². The third-order valence-electron chi connectivity index (χ3n) is 6.41. The minimum atomic E-state index is -0.587. The van der Waals surface area contributed by atoms with E-state index in [0.29, 0.717) is 37.2 Å². The number of nitriles is 1. The van der Waals surface area contributed by atoms with Gasteiger partial charge in [-0.3, -0.25) is 4.79 Å². The molecule has 0 spiro atoms. The van der Waals surface area contributed by atoms with E-state index in [-0.39, 0.29) is 18.0 Å². The number of carbonyl (C=O) groups excluding carboxylic acids is 1. The molecule has 1 saturated heterocycles. The second-order valence-electron chi connectivity index (χ2n) is 8.80. The molecule has 2 aromatic rings. The lowest BCUT2D eigenvalue weighted by molar-refractivity contribution is -0.132. The fourth-order valence-electron chi connectivity index (χ4n) is 4.69. The topological polar surface area (TPSA) is 72.3 Å². The standard InChI is InChI=1S/C24H27F2N5O.C2H6/c1-16-14-30(15-17(2)31(16)22-6-3-18(12-27)13-28-22)23(32)7-10-29-24(8-9-24)20-5-4-19(25)11-21(20)26;1-2/h3-6,11,13,16-17,29H,7-10,14-15H2,1-2H3;1-2H3. The highest BCUT2D eigenvalue weighted by atomic mass is 19.1. The second kappa shape index (κ2) is 10.9. The molecule has 0 bridgehead atoms. The van der Waals surface area contributed by atoms with Crippen LogP contribution in [0.25, 0.3) is 0 Å². The monoisotopic (exact) mass is 469 g/mol. The van der Waals surface area contributed by atoms with Crippen LogP contribution in [0.1, 0.15) is 58.1 Å². The Morgan fingerprint density at radius 1 is 1.18 bits per heavy atom. The van der Waals surface area contributed by atoms with Crippen LogP contribution in [0.2, 0.25) is 0 Å². The number of hydrogen-bond acceptors (Lipinski definition) is 5. The van der Waals surface area contributed by atoms with Gasteiger partial charge in [-0.2, -0.15) is 5.26 Å². The largest absolute Gasteiger partial charge is 0.348 e. The van der Waals surface area contributed by atoms with Gasteiger partial charge in [0, 0.05) is 61.5 Å². The fourth-order valence-corrected chi connectivity index (χ4v) is 4.69. The van der Waals surface area contributed by atoms with Crippen molar-refractivity contribution in [2.24, 2.45) is 0 Å². The van der Waals surface area contributed by atoms with E-state index in [9.17, 15) is 13.6 Å². The van der Waals surface area contributed by atoms with Crippen molar-refractivity contribution in [2.75, 3.05) is 24.5 Å². The normalized spacial score (nSPS) is 20.7. The number of pyridine rings is 1. The number of carbonyl (C=O) groups is 1. The Morgan fingerprint density at radius 2 is 1.85 bits per heavy atom. The molecule has 1 N–H and O–H groups in total. The maximum atomic E-state index is 14.2. The van der Waals surface area contributed by atoms with Crippen molar-refractivity contribution >= 4 is 11.7 Å². The Kier molecular flexibility index (Phi) is 8.21. The van der Waals surface area contributed by atoms with Gasteiger partial charge in [0.1, 0.15) is 23.5 Å². The third kappa shape index (κ3) is 5.53. The molecule has 0 radical (unpaired) electrons. The molecule has 34 heavy (non-hydrogen) atoms. The number of benzene rings is 1. The smallest absolute Gasteiger partial charge is 0.223 e. The first kappa shape index (κ1) is 25.6. The van der Waals surface area contributed by atoms with Gasteiger partial charge in [0.05, 0.1) is 5.56 Å². The van der Waals surface area contributed by atoms with Crippen molar-refractivity contribution < 1.29 is 13.6 Å². The molecule has 1 aliphatic heterocycles. The quantitative estimate of drug-likeness (QED) is 0.681. The van der Waals surface area contributed by atoms with Gasteiger partial charge in [-0.15, -0.1) is 0 Å². The Hall–Kier alpha value is -3.05. The fraction of sp³-hybridized carbons (Fsp3) is 0.500. The number of anilines is 1. The van der Waals surface area contributed by atoms with Crippen LogP contribution in [0.3, 0.4) is 0 Å². The zero-order valence-electron chi connectivity index (χ0n) is 20.3. The van der Waals surface area contributed by atoms with Crippen molar-refractivity contribution in [3.05, 3.63) is 59.3 Å². The van der Waals surface area contributed by atoms with Gasteiger partial charge in [-0.05, 0) is 44.9 Å². The first-order chi connectivity index (χ1) is 16.3. The number of nitrogens with zero attached hydrogens (tertiary/aromatic N) is 4. The van der Waals surface area contributed by atoms with E-state index in [1.165, 1.54) is 12.1 Å². The number of halogens is 2. The minimum absolute atomic E-state index is 0.0546. The molecule has 1 amide bonds. The molecule has 2 atom stereocenters. The molecule has 2 fully saturated rings. The lowest BCUT2D eigenvalue weighted by Gasteiger charge is -2.45. The van der Waals surface area contributed by atoms with Crippen LogP contribution in [0.4, 0.5) is 14.6 Å². The first-order valence-corrected chi connectivity index (χ1v) is 12.0. The van der Waals surface area contributed by atoms with E-state index >= 15 is 0 Å². The van der Waals surface area contributed by atoms with E-state index < -0.39 is 17.2 Å². The van der Waals surface area contributed by atoms with Crippen LogP contribution in [-0.2, 0) is 10.3 Å².